The van der Waals surface area contributed by atoms with Crippen LogP contribution in [0, 0.1) is 5.92 Å². The zero-order valence-electron chi connectivity index (χ0n) is 9.46. The van der Waals surface area contributed by atoms with Crippen molar-refractivity contribution in [3.05, 3.63) is 11.6 Å². The predicted octanol–water partition coefficient (Wildman–Crippen LogP) is 2.19. The Morgan fingerprint density at radius 2 is 2.07 bits per heavy atom. The molecule has 0 aromatic rings. The Labute approximate surface area is 91.6 Å². The molecule has 2 N–H and O–H groups in total. The summed E-state index contributed by atoms with van der Waals surface area (Å²) in [5.41, 5.74) is 0.422. The van der Waals surface area contributed by atoms with E-state index in [9.17, 15) is 4.79 Å². The summed E-state index contributed by atoms with van der Waals surface area (Å²) in [5, 5.41) is 11.9. The van der Waals surface area contributed by atoms with Crippen LogP contribution in [0.3, 0.4) is 0 Å². The molecule has 0 aromatic heterocycles. The Morgan fingerprint density at radius 3 is 2.67 bits per heavy atom. The van der Waals surface area contributed by atoms with Crippen LogP contribution in [0.4, 0.5) is 0 Å². The van der Waals surface area contributed by atoms with Gasteiger partial charge in [0.25, 0.3) is 0 Å². The molecule has 1 aliphatic rings. The molecule has 1 rings (SSSR count). The van der Waals surface area contributed by atoms with E-state index in [0.717, 1.165) is 12.5 Å². The average Bonchev–Trinajstić information content (AvgIpc) is 2.25. The highest BCUT2D eigenvalue weighted by Crippen LogP contribution is 2.22. The Morgan fingerprint density at radius 1 is 1.40 bits per heavy atom. The fraction of sp³-hybridized carbons (Fsp3) is 0.750. The number of carboxylic acid groups (broad SMARTS) is 1. The monoisotopic (exact) mass is 211 g/mol. The van der Waals surface area contributed by atoms with Crippen LogP contribution in [-0.4, -0.2) is 24.2 Å². The average molecular weight is 211 g/mol. The third-order valence-electron chi connectivity index (χ3n) is 3.05. The highest BCUT2D eigenvalue weighted by Gasteiger charge is 2.12. The van der Waals surface area contributed by atoms with Crippen molar-refractivity contribution in [2.24, 2.45) is 5.92 Å². The second-order valence-electron chi connectivity index (χ2n) is 4.35. The van der Waals surface area contributed by atoms with Crippen LogP contribution in [0.5, 0.6) is 0 Å². The van der Waals surface area contributed by atoms with Gasteiger partial charge in [-0.15, -0.1) is 0 Å². The summed E-state index contributed by atoms with van der Waals surface area (Å²) in [4.78, 5) is 10.5. The Hall–Kier alpha value is -0.830. The number of hydrogen-bond acceptors (Lipinski definition) is 2. The number of aliphatic carboxylic acids is 1. The summed E-state index contributed by atoms with van der Waals surface area (Å²) in [7, 11) is 0. The molecule has 0 radical (unpaired) electrons. The van der Waals surface area contributed by atoms with E-state index in [1.165, 1.54) is 32.1 Å². The third-order valence-corrected chi connectivity index (χ3v) is 3.05. The number of nitrogens with one attached hydrogen (secondary N) is 1. The van der Waals surface area contributed by atoms with Crippen LogP contribution >= 0.6 is 0 Å². The van der Waals surface area contributed by atoms with Crippen molar-refractivity contribution in [3.63, 3.8) is 0 Å². The first-order valence-corrected chi connectivity index (χ1v) is 5.81. The minimum absolute atomic E-state index is 0.422. The predicted molar refractivity (Wildman–Crippen MR) is 60.8 cm³/mol. The molecule has 0 heterocycles. The Balaban J connectivity index is 2.10. The lowest BCUT2D eigenvalue weighted by atomic mass is 9.89. The number of carboxylic acids is 1. The maximum absolute atomic E-state index is 10.5. The molecule has 3 heteroatoms. The van der Waals surface area contributed by atoms with Gasteiger partial charge in [-0.2, -0.15) is 0 Å². The minimum atomic E-state index is -0.825. The topological polar surface area (TPSA) is 49.3 Å². The zero-order valence-corrected chi connectivity index (χ0v) is 9.46. The summed E-state index contributed by atoms with van der Waals surface area (Å²) in [6, 6.07) is 0. The first-order valence-electron chi connectivity index (χ1n) is 5.81. The molecule has 0 bridgehead atoms. The fourth-order valence-corrected chi connectivity index (χ4v) is 1.99. The molecule has 0 atom stereocenters. The molecule has 1 fully saturated rings. The summed E-state index contributed by atoms with van der Waals surface area (Å²) in [6.07, 6.45) is 8.50. The van der Waals surface area contributed by atoms with Crippen LogP contribution in [0.25, 0.3) is 0 Å². The smallest absolute Gasteiger partial charge is 0.330 e. The van der Waals surface area contributed by atoms with Crippen LogP contribution in [0.1, 0.15) is 39.0 Å². The van der Waals surface area contributed by atoms with Crippen molar-refractivity contribution in [2.75, 3.05) is 13.1 Å². The molecule has 0 saturated heterocycles. The van der Waals surface area contributed by atoms with Gasteiger partial charge >= 0.3 is 5.97 Å². The minimum Gasteiger partial charge on any atom is -0.478 e. The molecular weight excluding hydrogens is 190 g/mol. The quantitative estimate of drug-likeness (QED) is 0.541. The van der Waals surface area contributed by atoms with Crippen molar-refractivity contribution in [1.29, 1.82) is 0 Å². The Kier molecular flexibility index (Phi) is 5.40. The molecule has 0 aromatic carbocycles. The van der Waals surface area contributed by atoms with E-state index in [1.807, 2.05) is 0 Å². The molecule has 0 amide bonds. The van der Waals surface area contributed by atoms with Crippen LogP contribution < -0.4 is 5.32 Å². The molecule has 86 valence electrons. The second-order valence-corrected chi connectivity index (χ2v) is 4.35. The first-order chi connectivity index (χ1) is 7.20. The van der Waals surface area contributed by atoms with Gasteiger partial charge in [-0.1, -0.05) is 25.3 Å². The summed E-state index contributed by atoms with van der Waals surface area (Å²) < 4.78 is 0. The standard InChI is InChI=1S/C12H21NO2/c1-10(12(14)15)7-8-13-9-11-5-3-2-4-6-11/h7,11,13H,2-6,8-9H2,1H3,(H,14,15). The second kappa shape index (κ2) is 6.62. The van der Waals surface area contributed by atoms with E-state index in [4.69, 9.17) is 5.11 Å². The normalized spacial score (nSPS) is 19.1. The fourth-order valence-electron chi connectivity index (χ4n) is 1.99. The van der Waals surface area contributed by atoms with Crippen molar-refractivity contribution in [1.82, 2.24) is 5.32 Å². The van der Waals surface area contributed by atoms with Crippen LogP contribution in [0.15, 0.2) is 11.6 Å². The van der Waals surface area contributed by atoms with Crippen molar-refractivity contribution in [3.8, 4) is 0 Å². The summed E-state index contributed by atoms with van der Waals surface area (Å²) >= 11 is 0. The molecule has 3 nitrogen and oxygen atoms in total. The maximum Gasteiger partial charge on any atom is 0.330 e. The van der Waals surface area contributed by atoms with E-state index in [1.54, 1.807) is 13.0 Å². The molecule has 15 heavy (non-hydrogen) atoms. The SMILES string of the molecule is CC(=CCNCC1CCCCC1)C(=O)O. The van der Waals surface area contributed by atoms with E-state index in [2.05, 4.69) is 5.32 Å². The van der Waals surface area contributed by atoms with Gasteiger partial charge in [0, 0.05) is 12.1 Å². The Bertz CT molecular complexity index is 230. The van der Waals surface area contributed by atoms with Gasteiger partial charge in [0.1, 0.15) is 0 Å². The van der Waals surface area contributed by atoms with Gasteiger partial charge in [0.2, 0.25) is 0 Å². The molecule has 0 aliphatic heterocycles. The van der Waals surface area contributed by atoms with Gasteiger partial charge in [-0.05, 0) is 32.2 Å². The lowest BCUT2D eigenvalue weighted by molar-refractivity contribution is -0.132. The molecular formula is C12H21NO2. The lowest BCUT2D eigenvalue weighted by Gasteiger charge is -2.21. The van der Waals surface area contributed by atoms with Gasteiger partial charge in [-0.3, -0.25) is 0 Å². The molecule has 0 spiro atoms. The summed E-state index contributed by atoms with van der Waals surface area (Å²) in [6.45, 7) is 3.34. The van der Waals surface area contributed by atoms with Gasteiger partial charge in [0.05, 0.1) is 0 Å². The van der Waals surface area contributed by atoms with Gasteiger partial charge in [-0.25, -0.2) is 4.79 Å². The first kappa shape index (κ1) is 12.2. The molecule has 1 saturated carbocycles. The zero-order chi connectivity index (χ0) is 11.1. The largest absolute Gasteiger partial charge is 0.478 e. The number of hydrogen-bond donors (Lipinski definition) is 2. The van der Waals surface area contributed by atoms with Crippen molar-refractivity contribution < 1.29 is 9.90 Å². The van der Waals surface area contributed by atoms with Crippen molar-refractivity contribution in [2.45, 2.75) is 39.0 Å². The van der Waals surface area contributed by atoms with E-state index >= 15 is 0 Å². The van der Waals surface area contributed by atoms with Crippen LogP contribution in [-0.2, 0) is 4.79 Å². The molecule has 0 unspecified atom stereocenters. The lowest BCUT2D eigenvalue weighted by Crippen LogP contribution is -2.24. The highest BCUT2D eigenvalue weighted by atomic mass is 16.4. The third kappa shape index (κ3) is 4.98. The van der Waals surface area contributed by atoms with E-state index in [0.29, 0.717) is 12.1 Å². The highest BCUT2D eigenvalue weighted by molar-refractivity contribution is 5.85. The molecule has 1 aliphatic carbocycles. The van der Waals surface area contributed by atoms with Gasteiger partial charge in [0.15, 0.2) is 0 Å². The van der Waals surface area contributed by atoms with E-state index in [-0.39, 0.29) is 0 Å². The maximum atomic E-state index is 10.5. The summed E-state index contributed by atoms with van der Waals surface area (Å²) in [5.74, 6) is -0.0215. The number of rotatable bonds is 5. The van der Waals surface area contributed by atoms with Gasteiger partial charge < -0.3 is 10.4 Å². The van der Waals surface area contributed by atoms with E-state index < -0.39 is 5.97 Å². The van der Waals surface area contributed by atoms with Crippen LogP contribution in [0.2, 0.25) is 0 Å². The number of carbonyl (C=O) groups is 1. The van der Waals surface area contributed by atoms with Crippen molar-refractivity contribution >= 4 is 5.97 Å².